The van der Waals surface area contributed by atoms with E-state index in [-0.39, 0.29) is 11.6 Å². The summed E-state index contributed by atoms with van der Waals surface area (Å²) in [5.74, 6) is 1.48. The molecule has 2 aromatic heterocycles. The molecule has 0 bridgehead atoms. The van der Waals surface area contributed by atoms with E-state index in [1.807, 2.05) is 41.9 Å². The minimum Gasteiger partial charge on any atom is -0.497 e. The Morgan fingerprint density at radius 3 is 2.51 bits per heavy atom. The first-order chi connectivity index (χ1) is 18.0. The Labute approximate surface area is 217 Å². The van der Waals surface area contributed by atoms with E-state index >= 15 is 0 Å². The standard InChI is InChI=1S/C28H35N7O2/c1-5-10-33-11-13-34(14-12-33)26(24-17-22-16-19(2)15-20(3)25(22)29-28(24)36)27-30-31-32-35(27)18-21-6-8-23(37-4)9-7-21/h6-9,15-17,26H,5,10-14,18H2,1-4H3,(H,29,36)/t26-/m1/s1. The van der Waals surface area contributed by atoms with Crippen LogP contribution in [0.3, 0.4) is 0 Å². The third-order valence-corrected chi connectivity index (χ3v) is 7.22. The normalized spacial score (nSPS) is 15.8. The maximum absolute atomic E-state index is 13.6. The zero-order chi connectivity index (χ0) is 25.9. The first kappa shape index (κ1) is 25.1. The van der Waals surface area contributed by atoms with E-state index < -0.39 is 0 Å². The molecule has 0 amide bonds. The van der Waals surface area contributed by atoms with E-state index in [9.17, 15) is 4.79 Å². The van der Waals surface area contributed by atoms with E-state index in [1.54, 1.807) is 7.11 Å². The Kier molecular flexibility index (Phi) is 7.34. The summed E-state index contributed by atoms with van der Waals surface area (Å²) in [5.41, 5.74) is 4.74. The number of pyridine rings is 1. The number of rotatable bonds is 8. The molecule has 4 aromatic rings. The number of H-pyrrole nitrogens is 1. The van der Waals surface area contributed by atoms with Gasteiger partial charge in [-0.3, -0.25) is 9.69 Å². The van der Waals surface area contributed by atoms with Crippen molar-refractivity contribution in [1.29, 1.82) is 0 Å². The predicted octanol–water partition coefficient (Wildman–Crippen LogP) is 3.31. The van der Waals surface area contributed by atoms with E-state index in [1.165, 1.54) is 0 Å². The maximum atomic E-state index is 13.6. The fourth-order valence-electron chi connectivity index (χ4n) is 5.39. The van der Waals surface area contributed by atoms with E-state index in [2.05, 4.69) is 56.3 Å². The van der Waals surface area contributed by atoms with Gasteiger partial charge in [0.05, 0.1) is 19.2 Å². The van der Waals surface area contributed by atoms with Gasteiger partial charge in [0, 0.05) is 31.7 Å². The van der Waals surface area contributed by atoms with Crippen molar-refractivity contribution >= 4 is 10.9 Å². The van der Waals surface area contributed by atoms with E-state index in [0.717, 1.165) is 72.5 Å². The van der Waals surface area contributed by atoms with Crippen molar-refractivity contribution in [3.05, 3.63) is 80.9 Å². The molecule has 9 heteroatoms. The molecule has 1 aliphatic heterocycles. The average molecular weight is 502 g/mol. The highest BCUT2D eigenvalue weighted by atomic mass is 16.5. The summed E-state index contributed by atoms with van der Waals surface area (Å²) in [4.78, 5) is 21.6. The monoisotopic (exact) mass is 501 g/mol. The second-order valence-electron chi connectivity index (χ2n) is 9.92. The van der Waals surface area contributed by atoms with Crippen molar-refractivity contribution in [2.75, 3.05) is 39.8 Å². The van der Waals surface area contributed by atoms with Crippen LogP contribution in [0.15, 0.2) is 47.3 Å². The molecule has 0 unspecified atom stereocenters. The lowest BCUT2D eigenvalue weighted by molar-refractivity contribution is 0.104. The van der Waals surface area contributed by atoms with Crippen LogP contribution >= 0.6 is 0 Å². The summed E-state index contributed by atoms with van der Waals surface area (Å²) in [6.07, 6.45) is 1.13. The third-order valence-electron chi connectivity index (χ3n) is 7.22. The second-order valence-corrected chi connectivity index (χ2v) is 9.92. The van der Waals surface area contributed by atoms with Gasteiger partial charge in [-0.25, -0.2) is 4.68 Å². The smallest absolute Gasteiger partial charge is 0.253 e. The Bertz CT molecular complexity index is 1420. The fourth-order valence-corrected chi connectivity index (χ4v) is 5.39. The molecule has 1 fully saturated rings. The molecule has 37 heavy (non-hydrogen) atoms. The first-order valence-corrected chi connectivity index (χ1v) is 13.0. The number of hydrogen-bond acceptors (Lipinski definition) is 7. The van der Waals surface area contributed by atoms with Gasteiger partial charge in [-0.15, -0.1) is 5.10 Å². The molecule has 1 aliphatic rings. The molecule has 1 saturated heterocycles. The summed E-state index contributed by atoms with van der Waals surface area (Å²) < 4.78 is 7.11. The molecule has 5 rings (SSSR count). The van der Waals surface area contributed by atoms with Gasteiger partial charge in [0.1, 0.15) is 11.8 Å². The molecule has 3 heterocycles. The molecule has 1 atom stereocenters. The van der Waals surface area contributed by atoms with Gasteiger partial charge >= 0.3 is 0 Å². The average Bonchev–Trinajstić information content (AvgIpc) is 3.34. The number of aromatic amines is 1. The quantitative estimate of drug-likeness (QED) is 0.396. The minimum absolute atomic E-state index is 0.0977. The number of methoxy groups -OCH3 is 1. The third kappa shape index (κ3) is 5.28. The van der Waals surface area contributed by atoms with Crippen molar-refractivity contribution in [2.24, 2.45) is 0 Å². The van der Waals surface area contributed by atoms with Gasteiger partial charge in [-0.05, 0) is 78.0 Å². The SMILES string of the molecule is CCCN1CCN([C@H](c2cc3cc(C)cc(C)c3[nH]c2=O)c2nnnn2Cc2ccc(OC)cc2)CC1. The number of hydrogen-bond donors (Lipinski definition) is 1. The molecule has 0 radical (unpaired) electrons. The lowest BCUT2D eigenvalue weighted by Gasteiger charge is -2.38. The summed E-state index contributed by atoms with van der Waals surface area (Å²) in [6.45, 7) is 11.5. The molecule has 1 N–H and O–H groups in total. The number of fused-ring (bicyclic) bond motifs is 1. The lowest BCUT2D eigenvalue weighted by atomic mass is 10.00. The van der Waals surface area contributed by atoms with Crippen LogP contribution in [-0.4, -0.2) is 74.8 Å². The van der Waals surface area contributed by atoms with Gasteiger partial charge in [0.2, 0.25) is 0 Å². The van der Waals surface area contributed by atoms with Crippen molar-refractivity contribution in [3.8, 4) is 5.75 Å². The number of ether oxygens (including phenoxy) is 1. The predicted molar refractivity (Wildman–Crippen MR) is 144 cm³/mol. The summed E-state index contributed by atoms with van der Waals surface area (Å²) in [5, 5.41) is 13.9. The molecule has 9 nitrogen and oxygen atoms in total. The Morgan fingerprint density at radius 2 is 1.81 bits per heavy atom. The van der Waals surface area contributed by atoms with Crippen LogP contribution in [-0.2, 0) is 6.54 Å². The van der Waals surface area contributed by atoms with Crippen molar-refractivity contribution in [2.45, 2.75) is 39.8 Å². The molecule has 2 aromatic carbocycles. The number of benzene rings is 2. The van der Waals surface area contributed by atoms with Crippen LogP contribution in [0.4, 0.5) is 0 Å². The zero-order valence-electron chi connectivity index (χ0n) is 22.1. The van der Waals surface area contributed by atoms with Crippen molar-refractivity contribution < 1.29 is 4.74 Å². The molecule has 0 saturated carbocycles. The van der Waals surface area contributed by atoms with Gasteiger partial charge in [-0.1, -0.05) is 30.7 Å². The largest absolute Gasteiger partial charge is 0.497 e. The molecule has 0 aliphatic carbocycles. The number of aromatic nitrogens is 5. The van der Waals surface area contributed by atoms with Crippen LogP contribution in [0.1, 0.15) is 47.5 Å². The highest BCUT2D eigenvalue weighted by molar-refractivity contribution is 5.83. The van der Waals surface area contributed by atoms with Crippen molar-refractivity contribution in [3.63, 3.8) is 0 Å². The fraction of sp³-hybridized carbons (Fsp3) is 0.429. The van der Waals surface area contributed by atoms with Gasteiger partial charge in [0.15, 0.2) is 5.82 Å². The number of nitrogens with zero attached hydrogens (tertiary/aromatic N) is 6. The number of nitrogens with one attached hydrogen (secondary N) is 1. The Balaban J connectivity index is 1.57. The van der Waals surface area contributed by atoms with Crippen LogP contribution in [0.5, 0.6) is 5.75 Å². The highest BCUT2D eigenvalue weighted by Crippen LogP contribution is 2.29. The summed E-state index contributed by atoms with van der Waals surface area (Å²) in [7, 11) is 1.66. The second kappa shape index (κ2) is 10.8. The van der Waals surface area contributed by atoms with Gasteiger partial charge in [-0.2, -0.15) is 0 Å². The topological polar surface area (TPSA) is 92.2 Å². The Hall–Kier alpha value is -3.56. The van der Waals surface area contributed by atoms with Crippen LogP contribution in [0.2, 0.25) is 0 Å². The summed E-state index contributed by atoms with van der Waals surface area (Å²) in [6, 6.07) is 13.8. The summed E-state index contributed by atoms with van der Waals surface area (Å²) >= 11 is 0. The molecular weight excluding hydrogens is 466 g/mol. The Morgan fingerprint density at radius 1 is 1.05 bits per heavy atom. The minimum atomic E-state index is -0.356. The number of piperazine rings is 1. The zero-order valence-corrected chi connectivity index (χ0v) is 22.1. The lowest BCUT2D eigenvalue weighted by Crippen LogP contribution is -2.49. The van der Waals surface area contributed by atoms with Crippen LogP contribution < -0.4 is 10.3 Å². The molecule has 194 valence electrons. The highest BCUT2D eigenvalue weighted by Gasteiger charge is 2.32. The number of tetrazole rings is 1. The van der Waals surface area contributed by atoms with Crippen molar-refractivity contribution in [1.82, 2.24) is 35.0 Å². The molecule has 0 spiro atoms. The van der Waals surface area contributed by atoms with Crippen LogP contribution in [0.25, 0.3) is 10.9 Å². The van der Waals surface area contributed by atoms with Crippen LogP contribution in [0, 0.1) is 13.8 Å². The maximum Gasteiger partial charge on any atom is 0.253 e. The van der Waals surface area contributed by atoms with Gasteiger partial charge in [0.25, 0.3) is 5.56 Å². The van der Waals surface area contributed by atoms with E-state index in [4.69, 9.17) is 4.74 Å². The number of aryl methyl sites for hydroxylation is 2. The van der Waals surface area contributed by atoms with E-state index in [0.29, 0.717) is 17.9 Å². The molecular formula is C28H35N7O2. The first-order valence-electron chi connectivity index (χ1n) is 13.0. The van der Waals surface area contributed by atoms with Gasteiger partial charge < -0.3 is 14.6 Å².